The number of halogens is 3. The molecule has 2 aromatic rings. The highest BCUT2D eigenvalue weighted by Crippen LogP contribution is 2.19. The van der Waals surface area contributed by atoms with Crippen molar-refractivity contribution >= 4 is 23.2 Å². The van der Waals surface area contributed by atoms with Gasteiger partial charge in [0.05, 0.1) is 4.88 Å². The van der Waals surface area contributed by atoms with Crippen molar-refractivity contribution in [3.05, 3.63) is 46.3 Å². The highest BCUT2D eigenvalue weighted by atomic mass is 32.1. The van der Waals surface area contributed by atoms with Crippen LogP contribution in [0.4, 0.5) is 13.2 Å². The Kier molecular flexibility index (Phi) is 6.96. The third kappa shape index (κ3) is 6.71. The average Bonchev–Trinajstić information content (AvgIpc) is 3.13. The van der Waals surface area contributed by atoms with E-state index >= 15 is 0 Å². The third-order valence-corrected chi connectivity index (χ3v) is 3.95. The predicted octanol–water partition coefficient (Wildman–Crippen LogP) is 2.52. The molecule has 0 atom stereocenters. The summed E-state index contributed by atoms with van der Waals surface area (Å²) in [6, 6.07) is 6.46. The minimum atomic E-state index is -4.47. The first-order valence-electron chi connectivity index (χ1n) is 7.57. The van der Waals surface area contributed by atoms with Crippen molar-refractivity contribution in [1.82, 2.24) is 15.6 Å². The van der Waals surface area contributed by atoms with Gasteiger partial charge >= 0.3 is 6.18 Å². The summed E-state index contributed by atoms with van der Waals surface area (Å²) >= 11 is 1.29. The number of ether oxygens (including phenoxy) is 1. The van der Waals surface area contributed by atoms with Gasteiger partial charge < -0.3 is 15.4 Å². The Morgan fingerprint density at radius 3 is 2.69 bits per heavy atom. The molecular formula is C16H16F3N3O3S. The molecule has 0 aliphatic heterocycles. The quantitative estimate of drug-likeness (QED) is 0.730. The molecule has 0 bridgehead atoms. The largest absolute Gasteiger partial charge is 0.468 e. The number of hydrogen-bond acceptors (Lipinski definition) is 5. The standard InChI is InChI=1S/C16H16F3N3O3S/c17-16(18,19)10-25-15-11(3-1-6-21-15)9-22-13(23)5-7-20-14(24)12-4-2-8-26-12/h1-4,6,8H,5,7,9-10H2,(H,20,24)(H,22,23). The number of alkyl halides is 3. The normalized spacial score (nSPS) is 11.0. The van der Waals surface area contributed by atoms with Crippen LogP contribution in [0.15, 0.2) is 35.8 Å². The van der Waals surface area contributed by atoms with Crippen LogP contribution in [-0.2, 0) is 11.3 Å². The fourth-order valence-electron chi connectivity index (χ4n) is 1.91. The Labute approximate surface area is 151 Å². The second kappa shape index (κ2) is 9.18. The van der Waals surface area contributed by atoms with E-state index in [0.29, 0.717) is 10.4 Å². The summed E-state index contributed by atoms with van der Waals surface area (Å²) < 4.78 is 41.4. The van der Waals surface area contributed by atoms with Gasteiger partial charge in [-0.2, -0.15) is 13.2 Å². The first-order valence-corrected chi connectivity index (χ1v) is 8.45. The van der Waals surface area contributed by atoms with Crippen LogP contribution in [0.1, 0.15) is 21.7 Å². The van der Waals surface area contributed by atoms with E-state index < -0.39 is 12.8 Å². The van der Waals surface area contributed by atoms with Gasteiger partial charge in [-0.1, -0.05) is 12.1 Å². The van der Waals surface area contributed by atoms with Crippen molar-refractivity contribution in [3.63, 3.8) is 0 Å². The van der Waals surface area contributed by atoms with Crippen molar-refractivity contribution in [1.29, 1.82) is 0 Å². The van der Waals surface area contributed by atoms with Gasteiger partial charge in [-0.05, 0) is 17.5 Å². The lowest BCUT2D eigenvalue weighted by molar-refractivity contribution is -0.154. The number of nitrogens with zero attached hydrogens (tertiary/aromatic N) is 1. The smallest absolute Gasteiger partial charge is 0.422 e. The van der Waals surface area contributed by atoms with Gasteiger partial charge in [0.25, 0.3) is 5.91 Å². The molecule has 2 heterocycles. The van der Waals surface area contributed by atoms with Crippen molar-refractivity contribution < 1.29 is 27.5 Å². The van der Waals surface area contributed by atoms with Crippen molar-refractivity contribution in [2.75, 3.05) is 13.2 Å². The van der Waals surface area contributed by atoms with Gasteiger partial charge in [0, 0.05) is 31.3 Å². The first kappa shape index (κ1) is 19.7. The van der Waals surface area contributed by atoms with Crippen LogP contribution in [0.25, 0.3) is 0 Å². The predicted molar refractivity (Wildman–Crippen MR) is 88.9 cm³/mol. The molecule has 6 nitrogen and oxygen atoms in total. The van der Waals surface area contributed by atoms with E-state index in [-0.39, 0.29) is 37.2 Å². The number of nitrogens with one attached hydrogen (secondary N) is 2. The first-order chi connectivity index (χ1) is 12.3. The van der Waals surface area contributed by atoms with Gasteiger partial charge in [0.15, 0.2) is 6.61 Å². The number of rotatable bonds is 8. The maximum absolute atomic E-state index is 12.2. The topological polar surface area (TPSA) is 80.3 Å². The third-order valence-electron chi connectivity index (χ3n) is 3.08. The van der Waals surface area contributed by atoms with E-state index in [2.05, 4.69) is 20.4 Å². The fourth-order valence-corrected chi connectivity index (χ4v) is 2.55. The summed E-state index contributed by atoms with van der Waals surface area (Å²) in [7, 11) is 0. The molecule has 2 rings (SSSR count). The molecule has 0 saturated carbocycles. The number of hydrogen-bond donors (Lipinski definition) is 2. The maximum Gasteiger partial charge on any atom is 0.422 e. The van der Waals surface area contributed by atoms with E-state index in [0.717, 1.165) is 0 Å². The van der Waals surface area contributed by atoms with Gasteiger partial charge in [0.2, 0.25) is 11.8 Å². The van der Waals surface area contributed by atoms with Gasteiger partial charge in [-0.3, -0.25) is 9.59 Å². The second-order valence-corrected chi connectivity index (χ2v) is 6.08. The Hall–Kier alpha value is -2.62. The van der Waals surface area contributed by atoms with E-state index in [4.69, 9.17) is 0 Å². The van der Waals surface area contributed by atoms with Crippen molar-refractivity contribution in [3.8, 4) is 5.88 Å². The molecule has 0 fully saturated rings. The zero-order valence-corrected chi connectivity index (χ0v) is 14.3. The number of carbonyl (C=O) groups excluding carboxylic acids is 2. The SMILES string of the molecule is O=C(CCNC(=O)c1cccs1)NCc1cccnc1OCC(F)(F)F. The molecule has 2 N–H and O–H groups in total. The van der Waals surface area contributed by atoms with Gasteiger partial charge in [0.1, 0.15) is 0 Å². The number of pyridine rings is 1. The lowest BCUT2D eigenvalue weighted by Gasteiger charge is -2.12. The van der Waals surface area contributed by atoms with Crippen LogP contribution < -0.4 is 15.4 Å². The molecule has 2 aromatic heterocycles. The van der Waals surface area contributed by atoms with E-state index in [9.17, 15) is 22.8 Å². The van der Waals surface area contributed by atoms with Crippen LogP contribution in [-0.4, -0.2) is 36.1 Å². The molecule has 0 radical (unpaired) electrons. The minimum Gasteiger partial charge on any atom is -0.468 e. The zero-order valence-electron chi connectivity index (χ0n) is 13.5. The second-order valence-electron chi connectivity index (χ2n) is 5.13. The number of amides is 2. The summed E-state index contributed by atoms with van der Waals surface area (Å²) in [5.41, 5.74) is 0.327. The van der Waals surface area contributed by atoms with Gasteiger partial charge in [-0.25, -0.2) is 4.98 Å². The highest BCUT2D eigenvalue weighted by molar-refractivity contribution is 7.12. The minimum absolute atomic E-state index is 0.0290. The number of thiophene rings is 1. The molecule has 2 amide bonds. The van der Waals surface area contributed by atoms with Crippen LogP contribution in [0.5, 0.6) is 5.88 Å². The monoisotopic (exact) mass is 387 g/mol. The van der Waals surface area contributed by atoms with Gasteiger partial charge in [-0.15, -0.1) is 11.3 Å². The molecule has 0 aliphatic rings. The van der Waals surface area contributed by atoms with E-state index in [1.165, 1.54) is 29.7 Å². The molecule has 0 unspecified atom stereocenters. The van der Waals surface area contributed by atoms with Crippen molar-refractivity contribution in [2.24, 2.45) is 0 Å². The molecule has 0 aromatic carbocycles. The maximum atomic E-state index is 12.2. The zero-order chi connectivity index (χ0) is 19.0. The van der Waals surface area contributed by atoms with E-state index in [1.807, 2.05) is 0 Å². The number of carbonyl (C=O) groups is 2. The Balaban J connectivity index is 1.76. The summed E-state index contributed by atoms with van der Waals surface area (Å²) in [5.74, 6) is -0.805. The van der Waals surface area contributed by atoms with Crippen molar-refractivity contribution in [2.45, 2.75) is 19.1 Å². The van der Waals surface area contributed by atoms with Crippen LogP contribution in [0, 0.1) is 0 Å². The fraction of sp³-hybridized carbons (Fsp3) is 0.312. The van der Waals surface area contributed by atoms with E-state index in [1.54, 1.807) is 17.5 Å². The molecule has 0 spiro atoms. The lowest BCUT2D eigenvalue weighted by atomic mass is 10.2. The average molecular weight is 387 g/mol. The molecule has 0 saturated heterocycles. The summed E-state index contributed by atoms with van der Waals surface area (Å²) in [5, 5.41) is 6.94. The highest BCUT2D eigenvalue weighted by Gasteiger charge is 2.29. The Bertz CT molecular complexity index is 736. The Morgan fingerprint density at radius 2 is 2.00 bits per heavy atom. The molecule has 26 heavy (non-hydrogen) atoms. The molecule has 10 heteroatoms. The summed E-state index contributed by atoms with van der Waals surface area (Å²) in [6.07, 6.45) is -3.13. The molecular weight excluding hydrogens is 371 g/mol. The van der Waals surface area contributed by atoms with Crippen LogP contribution in [0.3, 0.4) is 0 Å². The summed E-state index contributed by atoms with van der Waals surface area (Å²) in [6.45, 7) is -1.34. The lowest BCUT2D eigenvalue weighted by Crippen LogP contribution is -2.30. The Morgan fingerprint density at radius 1 is 1.19 bits per heavy atom. The molecule has 0 aliphatic carbocycles. The number of aromatic nitrogens is 1. The molecule has 140 valence electrons. The van der Waals surface area contributed by atoms with Crippen LogP contribution >= 0.6 is 11.3 Å². The summed E-state index contributed by atoms with van der Waals surface area (Å²) in [4.78, 5) is 27.8. The van der Waals surface area contributed by atoms with Crippen LogP contribution in [0.2, 0.25) is 0 Å².